The van der Waals surface area contributed by atoms with Crippen LogP contribution in [-0.2, 0) is 9.53 Å². The van der Waals surface area contributed by atoms with Gasteiger partial charge in [0, 0.05) is 11.6 Å². The van der Waals surface area contributed by atoms with E-state index in [4.69, 9.17) is 10.5 Å². The fraction of sp³-hybridized carbons (Fsp3) is 0.538. The molecule has 0 atom stereocenters. The molecule has 0 spiro atoms. The number of nitrogens with two attached hydrogens (primary N) is 1. The summed E-state index contributed by atoms with van der Waals surface area (Å²) in [6.45, 7) is 9.74. The van der Waals surface area contributed by atoms with Gasteiger partial charge in [-0.1, -0.05) is 0 Å². The molecule has 0 amide bonds. The molecule has 100 valence electrons. The Morgan fingerprint density at radius 3 is 2.67 bits per heavy atom. The molecule has 0 aromatic carbocycles. The molecule has 0 fully saturated rings. The van der Waals surface area contributed by atoms with Crippen molar-refractivity contribution in [2.24, 2.45) is 0 Å². The quantitative estimate of drug-likeness (QED) is 0.658. The number of ether oxygens (including phenoxy) is 1. The molecule has 5 heteroatoms. The minimum Gasteiger partial charge on any atom is -0.463 e. The van der Waals surface area contributed by atoms with E-state index in [-0.39, 0.29) is 12.0 Å². The molecule has 1 heterocycles. The van der Waals surface area contributed by atoms with E-state index in [1.165, 1.54) is 0 Å². The number of carbonyl (C=O) groups is 1. The van der Waals surface area contributed by atoms with Gasteiger partial charge in [0.15, 0.2) is 0 Å². The molecule has 0 aliphatic carbocycles. The SMILES string of the molecule is CCOC(=O)C(C)=Cc1c(N)c(C)nn1C(C)C. The third-order valence-electron chi connectivity index (χ3n) is 2.61. The Hall–Kier alpha value is -1.78. The Balaban J connectivity index is 3.17. The Bertz CT molecular complexity index is 473. The Morgan fingerprint density at radius 1 is 1.56 bits per heavy atom. The predicted molar refractivity (Wildman–Crippen MR) is 72.0 cm³/mol. The van der Waals surface area contributed by atoms with Crippen LogP contribution in [0.25, 0.3) is 6.08 Å². The Kier molecular flexibility index (Phi) is 4.53. The number of nitrogen functional groups attached to an aromatic ring is 1. The second kappa shape index (κ2) is 5.71. The van der Waals surface area contributed by atoms with Crippen LogP contribution in [0.1, 0.15) is 45.1 Å². The molecule has 1 rings (SSSR count). The fourth-order valence-corrected chi connectivity index (χ4v) is 1.62. The zero-order chi connectivity index (χ0) is 13.9. The summed E-state index contributed by atoms with van der Waals surface area (Å²) in [6, 6.07) is 0.183. The van der Waals surface area contributed by atoms with Crippen molar-refractivity contribution in [3.63, 3.8) is 0 Å². The number of aryl methyl sites for hydroxylation is 1. The fourth-order valence-electron chi connectivity index (χ4n) is 1.62. The first kappa shape index (κ1) is 14.3. The van der Waals surface area contributed by atoms with Crippen molar-refractivity contribution in [3.05, 3.63) is 17.0 Å². The van der Waals surface area contributed by atoms with Gasteiger partial charge in [0.1, 0.15) is 0 Å². The lowest BCUT2D eigenvalue weighted by Gasteiger charge is -2.09. The average Bonchev–Trinajstić information content (AvgIpc) is 2.57. The minimum atomic E-state index is -0.328. The standard InChI is InChI=1S/C13H21N3O2/c1-6-18-13(17)9(4)7-11-12(14)10(5)15-16(11)8(2)3/h7-8H,6,14H2,1-5H3. The highest BCUT2D eigenvalue weighted by molar-refractivity contribution is 5.93. The van der Waals surface area contributed by atoms with E-state index in [1.807, 2.05) is 25.5 Å². The van der Waals surface area contributed by atoms with Gasteiger partial charge < -0.3 is 10.5 Å². The van der Waals surface area contributed by atoms with Crippen molar-refractivity contribution in [2.75, 3.05) is 12.3 Å². The van der Waals surface area contributed by atoms with Gasteiger partial charge in [-0.25, -0.2) is 4.79 Å². The summed E-state index contributed by atoms with van der Waals surface area (Å²) in [5.41, 5.74) is 8.63. The normalized spacial score (nSPS) is 12.0. The van der Waals surface area contributed by atoms with E-state index in [1.54, 1.807) is 19.9 Å². The predicted octanol–water partition coefficient (Wildman–Crippen LogP) is 2.32. The van der Waals surface area contributed by atoms with Gasteiger partial charge in [0.2, 0.25) is 0 Å². The minimum absolute atomic E-state index is 0.183. The highest BCUT2D eigenvalue weighted by atomic mass is 16.5. The first-order valence-corrected chi connectivity index (χ1v) is 6.08. The van der Waals surface area contributed by atoms with Crippen molar-refractivity contribution in [3.8, 4) is 0 Å². The first-order valence-electron chi connectivity index (χ1n) is 6.08. The van der Waals surface area contributed by atoms with Gasteiger partial charge in [-0.05, 0) is 40.7 Å². The summed E-state index contributed by atoms with van der Waals surface area (Å²) in [5.74, 6) is -0.328. The van der Waals surface area contributed by atoms with Crippen LogP contribution in [0.15, 0.2) is 5.57 Å². The van der Waals surface area contributed by atoms with Crippen LogP contribution in [0.2, 0.25) is 0 Å². The van der Waals surface area contributed by atoms with Crippen molar-refractivity contribution in [2.45, 2.75) is 40.7 Å². The maximum Gasteiger partial charge on any atom is 0.333 e. The molecular formula is C13H21N3O2. The third kappa shape index (κ3) is 2.91. The van der Waals surface area contributed by atoms with Gasteiger partial charge in [-0.3, -0.25) is 4.68 Å². The number of hydrogen-bond acceptors (Lipinski definition) is 4. The van der Waals surface area contributed by atoms with Crippen molar-refractivity contribution in [1.29, 1.82) is 0 Å². The summed E-state index contributed by atoms with van der Waals surface area (Å²) >= 11 is 0. The monoisotopic (exact) mass is 251 g/mol. The molecule has 1 aromatic heterocycles. The number of aromatic nitrogens is 2. The molecule has 0 bridgehead atoms. The summed E-state index contributed by atoms with van der Waals surface area (Å²) in [7, 11) is 0. The zero-order valence-electron chi connectivity index (χ0n) is 11.7. The maximum absolute atomic E-state index is 11.6. The molecule has 0 unspecified atom stereocenters. The van der Waals surface area contributed by atoms with Gasteiger partial charge in [-0.2, -0.15) is 5.10 Å². The van der Waals surface area contributed by atoms with E-state index in [2.05, 4.69) is 5.10 Å². The molecule has 0 radical (unpaired) electrons. The van der Waals surface area contributed by atoms with E-state index < -0.39 is 0 Å². The van der Waals surface area contributed by atoms with Crippen molar-refractivity contribution < 1.29 is 9.53 Å². The lowest BCUT2D eigenvalue weighted by molar-refractivity contribution is -0.138. The van der Waals surface area contributed by atoms with Crippen LogP contribution in [0, 0.1) is 6.92 Å². The Morgan fingerprint density at radius 2 is 2.17 bits per heavy atom. The second-order valence-electron chi connectivity index (χ2n) is 4.47. The number of rotatable bonds is 4. The number of esters is 1. The Labute approximate surface area is 108 Å². The molecule has 2 N–H and O–H groups in total. The smallest absolute Gasteiger partial charge is 0.333 e. The van der Waals surface area contributed by atoms with Crippen LogP contribution in [0.3, 0.4) is 0 Å². The first-order chi connectivity index (χ1) is 8.38. The molecule has 0 saturated heterocycles. The lowest BCUT2D eigenvalue weighted by atomic mass is 10.2. The summed E-state index contributed by atoms with van der Waals surface area (Å²) < 4.78 is 6.76. The molecular weight excluding hydrogens is 230 g/mol. The van der Waals surface area contributed by atoms with E-state index in [0.29, 0.717) is 17.9 Å². The average molecular weight is 251 g/mol. The van der Waals surface area contributed by atoms with Gasteiger partial charge in [-0.15, -0.1) is 0 Å². The van der Waals surface area contributed by atoms with E-state index >= 15 is 0 Å². The third-order valence-corrected chi connectivity index (χ3v) is 2.61. The van der Waals surface area contributed by atoms with E-state index in [0.717, 1.165) is 11.4 Å². The highest BCUT2D eigenvalue weighted by Gasteiger charge is 2.14. The summed E-state index contributed by atoms with van der Waals surface area (Å²) in [5, 5.41) is 4.36. The van der Waals surface area contributed by atoms with Gasteiger partial charge in [0.05, 0.1) is 23.7 Å². The van der Waals surface area contributed by atoms with Gasteiger partial charge >= 0.3 is 5.97 Å². The van der Waals surface area contributed by atoms with Gasteiger partial charge in [0.25, 0.3) is 0 Å². The van der Waals surface area contributed by atoms with Crippen molar-refractivity contribution >= 4 is 17.7 Å². The molecule has 1 aromatic rings. The largest absolute Gasteiger partial charge is 0.463 e. The highest BCUT2D eigenvalue weighted by Crippen LogP contribution is 2.23. The lowest BCUT2D eigenvalue weighted by Crippen LogP contribution is -2.08. The molecule has 0 saturated carbocycles. The molecule has 5 nitrogen and oxygen atoms in total. The van der Waals surface area contributed by atoms with Crippen LogP contribution in [0.4, 0.5) is 5.69 Å². The summed E-state index contributed by atoms with van der Waals surface area (Å²) in [4.78, 5) is 11.6. The maximum atomic E-state index is 11.6. The second-order valence-corrected chi connectivity index (χ2v) is 4.47. The summed E-state index contributed by atoms with van der Waals surface area (Å²) in [6.07, 6.45) is 1.73. The number of anilines is 1. The molecule has 0 aliphatic rings. The molecule has 0 aliphatic heterocycles. The van der Waals surface area contributed by atoms with Crippen molar-refractivity contribution in [1.82, 2.24) is 9.78 Å². The number of hydrogen-bond donors (Lipinski definition) is 1. The topological polar surface area (TPSA) is 70.1 Å². The molecule has 18 heavy (non-hydrogen) atoms. The van der Waals surface area contributed by atoms with E-state index in [9.17, 15) is 4.79 Å². The number of carbonyl (C=O) groups excluding carboxylic acids is 1. The number of nitrogens with zero attached hydrogens (tertiary/aromatic N) is 2. The van der Waals surface area contributed by atoms with Crippen LogP contribution in [0.5, 0.6) is 0 Å². The van der Waals surface area contributed by atoms with Crippen LogP contribution < -0.4 is 5.73 Å². The zero-order valence-corrected chi connectivity index (χ0v) is 11.7. The van der Waals surface area contributed by atoms with Crippen LogP contribution in [-0.4, -0.2) is 22.4 Å². The van der Waals surface area contributed by atoms with Crippen LogP contribution >= 0.6 is 0 Å².